The van der Waals surface area contributed by atoms with Crippen molar-refractivity contribution in [2.75, 3.05) is 0 Å². The van der Waals surface area contributed by atoms with Gasteiger partial charge in [0.2, 0.25) is 6.29 Å². The highest BCUT2D eigenvalue weighted by Crippen LogP contribution is 1.88. The molecule has 0 saturated carbocycles. The van der Waals surface area contributed by atoms with Gasteiger partial charge in [-0.15, -0.1) is 0 Å². The summed E-state index contributed by atoms with van der Waals surface area (Å²) in [5, 5.41) is 6.26. The van der Waals surface area contributed by atoms with Crippen LogP contribution in [0.5, 0.6) is 0 Å². The molecule has 1 radical (unpaired) electrons. The van der Waals surface area contributed by atoms with E-state index in [4.69, 9.17) is 0 Å². The molecule has 0 aliphatic carbocycles. The van der Waals surface area contributed by atoms with Crippen LogP contribution in [0.4, 0.5) is 0 Å². The number of aromatic nitrogens is 2. The predicted octanol–water partition coefficient (Wildman–Crippen LogP) is 0.0619. The summed E-state index contributed by atoms with van der Waals surface area (Å²) >= 11 is 0. The summed E-state index contributed by atoms with van der Waals surface area (Å²) in [6.07, 6.45) is 3.66. The maximum atomic E-state index is 9.70. The van der Waals surface area contributed by atoms with Gasteiger partial charge in [0, 0.05) is 11.9 Å². The van der Waals surface area contributed by atoms with Crippen molar-refractivity contribution < 1.29 is 4.79 Å². The first-order valence-corrected chi connectivity index (χ1v) is 2.27. The van der Waals surface area contributed by atoms with Crippen LogP contribution in [0.25, 0.3) is 0 Å². The molecule has 0 bridgehead atoms. The Morgan fingerprint density at radius 3 is 3.25 bits per heavy atom. The third-order valence-corrected chi connectivity index (χ3v) is 0.821. The lowest BCUT2D eigenvalue weighted by atomic mass is 10.3. The molecule has 3 heteroatoms. The number of hydrogen-bond donors (Lipinski definition) is 1. The topological polar surface area (TPSA) is 45.8 Å². The summed E-state index contributed by atoms with van der Waals surface area (Å²) < 4.78 is 0. The smallest absolute Gasteiger partial charge is 0.204 e. The Hall–Kier alpha value is -1.12. The van der Waals surface area contributed by atoms with Gasteiger partial charge in [0.1, 0.15) is 0 Å². The highest BCUT2D eigenvalue weighted by atomic mass is 16.1. The zero-order valence-electron chi connectivity index (χ0n) is 4.22. The molecule has 0 atom stereocenters. The van der Waals surface area contributed by atoms with Gasteiger partial charge in [-0.05, 0) is 6.07 Å². The highest BCUT2D eigenvalue weighted by Gasteiger charge is 1.88. The fourth-order valence-corrected chi connectivity index (χ4v) is 0.461. The van der Waals surface area contributed by atoms with Gasteiger partial charge in [-0.25, -0.2) is 0 Å². The van der Waals surface area contributed by atoms with Crippen molar-refractivity contribution >= 4 is 6.29 Å². The van der Waals surface area contributed by atoms with Crippen LogP contribution in [0.15, 0.2) is 12.3 Å². The molecule has 0 aliphatic rings. The van der Waals surface area contributed by atoms with E-state index in [1.807, 2.05) is 0 Å². The Balaban J connectivity index is 2.62. The van der Waals surface area contributed by atoms with Gasteiger partial charge in [0.15, 0.2) is 0 Å². The van der Waals surface area contributed by atoms with Gasteiger partial charge < -0.3 is 0 Å². The molecule has 1 heterocycles. The summed E-state index contributed by atoms with van der Waals surface area (Å²) in [5.41, 5.74) is 0.806. The van der Waals surface area contributed by atoms with Crippen molar-refractivity contribution in [3.8, 4) is 0 Å². The number of carbonyl (C=O) groups excluding carboxylic acids is 1. The summed E-state index contributed by atoms with van der Waals surface area (Å²) in [5.74, 6) is 0. The van der Waals surface area contributed by atoms with Crippen LogP contribution in [-0.2, 0) is 11.2 Å². The first-order valence-electron chi connectivity index (χ1n) is 2.27. The molecule has 0 unspecified atom stereocenters. The Bertz CT molecular complexity index is 157. The minimum absolute atomic E-state index is 0.306. The van der Waals surface area contributed by atoms with E-state index in [0.29, 0.717) is 6.42 Å². The van der Waals surface area contributed by atoms with Crippen LogP contribution in [0.3, 0.4) is 0 Å². The lowest BCUT2D eigenvalue weighted by Crippen LogP contribution is -1.83. The summed E-state index contributed by atoms with van der Waals surface area (Å²) in [6.45, 7) is 0. The van der Waals surface area contributed by atoms with Crippen molar-refractivity contribution in [1.29, 1.82) is 0 Å². The number of nitrogens with one attached hydrogen (secondary N) is 1. The normalized spacial score (nSPS) is 9.00. The third kappa shape index (κ3) is 0.932. The largest absolute Gasteiger partial charge is 0.290 e. The molecule has 1 rings (SSSR count). The second kappa shape index (κ2) is 2.26. The van der Waals surface area contributed by atoms with Crippen LogP contribution in [0.2, 0.25) is 0 Å². The average Bonchev–Trinajstić information content (AvgIpc) is 2.19. The van der Waals surface area contributed by atoms with E-state index in [2.05, 4.69) is 10.2 Å². The minimum atomic E-state index is 0.306. The molecule has 3 nitrogen and oxygen atoms in total. The van der Waals surface area contributed by atoms with E-state index in [1.54, 1.807) is 18.5 Å². The molecular formula is C5H5N2O. The van der Waals surface area contributed by atoms with E-state index in [0.717, 1.165) is 5.69 Å². The first kappa shape index (κ1) is 5.03. The molecule has 1 aromatic rings. The molecule has 0 fully saturated rings. The Kier molecular flexibility index (Phi) is 1.42. The summed E-state index contributed by atoms with van der Waals surface area (Å²) in [4.78, 5) is 9.70. The molecule has 0 spiro atoms. The summed E-state index contributed by atoms with van der Waals surface area (Å²) in [6, 6.07) is 1.74. The van der Waals surface area contributed by atoms with Gasteiger partial charge in [-0.1, -0.05) is 0 Å². The van der Waals surface area contributed by atoms with Crippen LogP contribution >= 0.6 is 0 Å². The first-order chi connectivity index (χ1) is 3.93. The molecule has 0 saturated heterocycles. The van der Waals surface area contributed by atoms with Crippen molar-refractivity contribution in [2.24, 2.45) is 0 Å². The number of aromatic amines is 1. The fraction of sp³-hybridized carbons (Fsp3) is 0.200. The number of H-pyrrole nitrogens is 1. The standard InChI is InChI=1S/C5H5N2O/c8-4-2-5-1-3-6-7-5/h1,3H,2H2,(H,6,7). The molecule has 0 aliphatic heterocycles. The predicted molar refractivity (Wildman–Crippen MR) is 28.0 cm³/mol. The molecule has 1 N–H and O–H groups in total. The van der Waals surface area contributed by atoms with Crippen LogP contribution in [0, 0.1) is 0 Å². The molecule has 41 valence electrons. The monoisotopic (exact) mass is 109 g/mol. The van der Waals surface area contributed by atoms with E-state index >= 15 is 0 Å². The van der Waals surface area contributed by atoms with E-state index in [1.165, 1.54) is 0 Å². The van der Waals surface area contributed by atoms with Gasteiger partial charge in [0.25, 0.3) is 0 Å². The minimum Gasteiger partial charge on any atom is -0.290 e. The zero-order chi connectivity index (χ0) is 5.82. The van der Waals surface area contributed by atoms with Gasteiger partial charge in [-0.2, -0.15) is 5.10 Å². The summed E-state index contributed by atoms with van der Waals surface area (Å²) in [7, 11) is 0. The van der Waals surface area contributed by atoms with E-state index < -0.39 is 0 Å². The Labute approximate surface area is 46.7 Å². The Morgan fingerprint density at radius 1 is 1.88 bits per heavy atom. The van der Waals surface area contributed by atoms with Gasteiger partial charge in [-0.3, -0.25) is 9.89 Å². The number of nitrogens with zero attached hydrogens (tertiary/aromatic N) is 1. The van der Waals surface area contributed by atoms with Crippen molar-refractivity contribution in [3.05, 3.63) is 18.0 Å². The van der Waals surface area contributed by atoms with Gasteiger partial charge >= 0.3 is 0 Å². The Morgan fingerprint density at radius 2 is 2.75 bits per heavy atom. The van der Waals surface area contributed by atoms with Crippen molar-refractivity contribution in [3.63, 3.8) is 0 Å². The fourth-order valence-electron chi connectivity index (χ4n) is 0.461. The second-order valence-corrected chi connectivity index (χ2v) is 1.40. The quantitative estimate of drug-likeness (QED) is 0.583. The van der Waals surface area contributed by atoms with E-state index in [-0.39, 0.29) is 0 Å². The van der Waals surface area contributed by atoms with Crippen LogP contribution < -0.4 is 0 Å². The third-order valence-electron chi connectivity index (χ3n) is 0.821. The lowest BCUT2D eigenvalue weighted by molar-refractivity contribution is 0.554. The van der Waals surface area contributed by atoms with E-state index in [9.17, 15) is 4.79 Å². The molecule has 1 aromatic heterocycles. The number of rotatable bonds is 2. The van der Waals surface area contributed by atoms with Crippen LogP contribution in [-0.4, -0.2) is 16.5 Å². The second-order valence-electron chi connectivity index (χ2n) is 1.40. The highest BCUT2D eigenvalue weighted by molar-refractivity contribution is 5.54. The maximum absolute atomic E-state index is 9.70. The van der Waals surface area contributed by atoms with Crippen molar-refractivity contribution in [1.82, 2.24) is 10.2 Å². The lowest BCUT2D eigenvalue weighted by Gasteiger charge is -1.78. The number of hydrogen-bond acceptors (Lipinski definition) is 2. The SMILES string of the molecule is O=[C]Cc1ccn[nH]1. The molecule has 0 amide bonds. The van der Waals surface area contributed by atoms with Crippen molar-refractivity contribution in [2.45, 2.75) is 6.42 Å². The molecule has 0 aromatic carbocycles. The molecular weight excluding hydrogens is 104 g/mol. The zero-order valence-corrected chi connectivity index (χ0v) is 4.22. The van der Waals surface area contributed by atoms with Gasteiger partial charge in [0.05, 0.1) is 6.42 Å². The molecule has 8 heavy (non-hydrogen) atoms. The average molecular weight is 109 g/mol. The van der Waals surface area contributed by atoms with Crippen LogP contribution in [0.1, 0.15) is 5.69 Å². The maximum Gasteiger partial charge on any atom is 0.204 e.